The first kappa shape index (κ1) is 20.1. The van der Waals surface area contributed by atoms with E-state index in [0.29, 0.717) is 19.6 Å². The van der Waals surface area contributed by atoms with Crippen LogP contribution in [0.5, 0.6) is 11.5 Å². The molecule has 3 aromatic rings. The number of amides is 1. The molecule has 1 aromatic heterocycles. The average molecular weight is 399 g/mol. The van der Waals surface area contributed by atoms with Gasteiger partial charge in [-0.15, -0.1) is 11.3 Å². The molecule has 148 valence electrons. The fourth-order valence-corrected chi connectivity index (χ4v) is 3.88. The molecule has 0 atom stereocenters. The number of para-hydroxylation sites is 1. The van der Waals surface area contributed by atoms with E-state index in [1.165, 1.54) is 4.70 Å². The summed E-state index contributed by atoms with van der Waals surface area (Å²) in [4.78, 5) is 18.6. The van der Waals surface area contributed by atoms with Crippen LogP contribution >= 0.6 is 11.3 Å². The number of fused-ring (bicyclic) bond motifs is 1. The van der Waals surface area contributed by atoms with Crippen molar-refractivity contribution in [3.05, 3.63) is 53.5 Å². The summed E-state index contributed by atoms with van der Waals surface area (Å²) in [5, 5.41) is 1.15. The Hall–Kier alpha value is -2.60. The lowest BCUT2D eigenvalue weighted by molar-refractivity contribution is -0.130. The van der Waals surface area contributed by atoms with Crippen molar-refractivity contribution in [2.45, 2.75) is 25.7 Å². The Morgan fingerprint density at radius 1 is 1.07 bits per heavy atom. The highest BCUT2D eigenvalue weighted by Gasteiger charge is 2.09. The number of hydrogen-bond acceptors (Lipinski definition) is 5. The maximum absolute atomic E-state index is 12.3. The van der Waals surface area contributed by atoms with Crippen LogP contribution in [0.4, 0.5) is 0 Å². The van der Waals surface area contributed by atoms with Gasteiger partial charge in [-0.05, 0) is 55.7 Å². The van der Waals surface area contributed by atoms with Gasteiger partial charge in [0.2, 0.25) is 5.91 Å². The van der Waals surface area contributed by atoms with Crippen LogP contribution in [0.15, 0.2) is 48.5 Å². The molecule has 0 N–H and O–H groups in total. The molecule has 0 radical (unpaired) electrons. The zero-order valence-electron chi connectivity index (χ0n) is 16.4. The molecule has 0 bridgehead atoms. The van der Waals surface area contributed by atoms with Gasteiger partial charge in [-0.3, -0.25) is 4.79 Å². The third kappa shape index (κ3) is 5.70. The van der Waals surface area contributed by atoms with Crippen LogP contribution in [0.2, 0.25) is 0 Å². The Morgan fingerprint density at radius 2 is 1.82 bits per heavy atom. The summed E-state index contributed by atoms with van der Waals surface area (Å²) in [5.74, 6) is 1.73. The molecule has 2 aromatic carbocycles. The van der Waals surface area contributed by atoms with Crippen molar-refractivity contribution in [2.75, 3.05) is 27.3 Å². The van der Waals surface area contributed by atoms with E-state index in [1.807, 2.05) is 49.5 Å². The molecule has 0 aliphatic carbocycles. The molecule has 6 heteroatoms. The van der Waals surface area contributed by atoms with Crippen molar-refractivity contribution >= 4 is 27.5 Å². The first-order valence-corrected chi connectivity index (χ1v) is 10.3. The fourth-order valence-electron chi connectivity index (χ4n) is 2.87. The van der Waals surface area contributed by atoms with Gasteiger partial charge >= 0.3 is 0 Å². The largest absolute Gasteiger partial charge is 0.497 e. The fraction of sp³-hybridized carbons (Fsp3) is 0.364. The van der Waals surface area contributed by atoms with Crippen LogP contribution in [0.1, 0.15) is 24.3 Å². The molecule has 0 saturated heterocycles. The second kappa shape index (κ2) is 10.1. The molecule has 0 spiro atoms. The van der Waals surface area contributed by atoms with E-state index in [-0.39, 0.29) is 5.91 Å². The second-order valence-corrected chi connectivity index (χ2v) is 7.74. The number of benzene rings is 2. The summed E-state index contributed by atoms with van der Waals surface area (Å²) in [6.07, 6.45) is 3.33. The smallest absolute Gasteiger partial charge is 0.222 e. The molecule has 0 fully saturated rings. The van der Waals surface area contributed by atoms with Gasteiger partial charge in [-0.2, -0.15) is 0 Å². The number of thiazole rings is 1. The third-order valence-electron chi connectivity index (χ3n) is 4.55. The van der Waals surface area contributed by atoms with Gasteiger partial charge in [0, 0.05) is 13.5 Å². The Balaban J connectivity index is 1.32. The van der Waals surface area contributed by atoms with Crippen LogP contribution in [0.3, 0.4) is 0 Å². The van der Waals surface area contributed by atoms with E-state index in [2.05, 4.69) is 11.1 Å². The minimum absolute atomic E-state index is 0.155. The number of unbranched alkanes of at least 4 members (excludes halogenated alkanes) is 1. The number of ether oxygens (including phenoxy) is 2. The van der Waals surface area contributed by atoms with Gasteiger partial charge in [-0.25, -0.2) is 4.98 Å². The summed E-state index contributed by atoms with van der Waals surface area (Å²) in [5.41, 5.74) is 1.06. The van der Waals surface area contributed by atoms with Crippen molar-refractivity contribution in [2.24, 2.45) is 0 Å². The SMILES string of the molecule is COc1ccc(OCCN(C)C(=O)CCCCc2nc3ccccc3s2)cc1. The molecule has 0 unspecified atom stereocenters. The summed E-state index contributed by atoms with van der Waals surface area (Å²) in [6, 6.07) is 15.6. The topological polar surface area (TPSA) is 51.7 Å². The maximum atomic E-state index is 12.3. The highest BCUT2D eigenvalue weighted by Crippen LogP contribution is 2.23. The first-order chi connectivity index (χ1) is 13.7. The molecule has 1 amide bonds. The van der Waals surface area contributed by atoms with Crippen molar-refractivity contribution in [1.29, 1.82) is 0 Å². The number of likely N-dealkylation sites (N-methyl/N-ethyl adjacent to an activating group) is 1. The molecular weight excluding hydrogens is 372 g/mol. The summed E-state index contributed by atoms with van der Waals surface area (Å²) in [7, 11) is 3.46. The minimum Gasteiger partial charge on any atom is -0.497 e. The van der Waals surface area contributed by atoms with Gasteiger partial charge in [0.1, 0.15) is 18.1 Å². The van der Waals surface area contributed by atoms with Gasteiger partial charge in [-0.1, -0.05) is 12.1 Å². The summed E-state index contributed by atoms with van der Waals surface area (Å²) >= 11 is 1.74. The lowest BCUT2D eigenvalue weighted by Crippen LogP contribution is -2.30. The van der Waals surface area contributed by atoms with E-state index in [0.717, 1.165) is 41.3 Å². The quantitative estimate of drug-likeness (QED) is 0.470. The zero-order chi connectivity index (χ0) is 19.8. The number of aryl methyl sites for hydroxylation is 1. The molecule has 0 saturated carbocycles. The standard InChI is InChI=1S/C22H26N2O3S/c1-24(15-16-27-18-13-11-17(26-2)12-14-18)22(25)10-6-5-9-21-23-19-7-3-4-8-20(19)28-21/h3-4,7-8,11-14H,5-6,9-10,15-16H2,1-2H3. The van der Waals surface area contributed by atoms with Crippen molar-refractivity contribution < 1.29 is 14.3 Å². The van der Waals surface area contributed by atoms with E-state index in [1.54, 1.807) is 23.3 Å². The van der Waals surface area contributed by atoms with Gasteiger partial charge in [0.15, 0.2) is 0 Å². The monoisotopic (exact) mass is 398 g/mol. The normalized spacial score (nSPS) is 10.8. The predicted molar refractivity (Wildman–Crippen MR) is 113 cm³/mol. The second-order valence-electron chi connectivity index (χ2n) is 6.62. The van der Waals surface area contributed by atoms with E-state index >= 15 is 0 Å². The maximum Gasteiger partial charge on any atom is 0.222 e. The lowest BCUT2D eigenvalue weighted by atomic mass is 10.2. The molecule has 1 heterocycles. The van der Waals surface area contributed by atoms with Crippen LogP contribution in [-0.2, 0) is 11.2 Å². The van der Waals surface area contributed by atoms with Crippen LogP contribution in [-0.4, -0.2) is 43.1 Å². The Kier molecular flexibility index (Phi) is 7.25. The van der Waals surface area contributed by atoms with Gasteiger partial charge in [0.25, 0.3) is 0 Å². The van der Waals surface area contributed by atoms with Gasteiger partial charge < -0.3 is 14.4 Å². The van der Waals surface area contributed by atoms with Crippen molar-refractivity contribution in [1.82, 2.24) is 9.88 Å². The molecule has 3 rings (SSSR count). The van der Waals surface area contributed by atoms with Crippen molar-refractivity contribution in [3.8, 4) is 11.5 Å². The third-order valence-corrected chi connectivity index (χ3v) is 5.65. The molecule has 0 aliphatic heterocycles. The predicted octanol–water partition coefficient (Wildman–Crippen LogP) is 4.56. The first-order valence-electron chi connectivity index (χ1n) is 9.51. The number of hydrogen-bond donors (Lipinski definition) is 0. The highest BCUT2D eigenvalue weighted by molar-refractivity contribution is 7.18. The molecule has 28 heavy (non-hydrogen) atoms. The number of aromatic nitrogens is 1. The van der Waals surface area contributed by atoms with Crippen molar-refractivity contribution in [3.63, 3.8) is 0 Å². The Labute approximate surface area is 169 Å². The Bertz CT molecular complexity index is 859. The number of carbonyl (C=O) groups is 1. The molecular formula is C22H26N2O3S. The Morgan fingerprint density at radius 3 is 2.57 bits per heavy atom. The van der Waals surface area contributed by atoms with Gasteiger partial charge in [0.05, 0.1) is 28.9 Å². The average Bonchev–Trinajstić information content (AvgIpc) is 3.14. The van der Waals surface area contributed by atoms with Crippen LogP contribution < -0.4 is 9.47 Å². The number of nitrogens with zero attached hydrogens (tertiary/aromatic N) is 2. The number of rotatable bonds is 10. The van der Waals surface area contributed by atoms with E-state index < -0.39 is 0 Å². The molecule has 5 nitrogen and oxygen atoms in total. The van der Waals surface area contributed by atoms with E-state index in [9.17, 15) is 4.79 Å². The summed E-state index contributed by atoms with van der Waals surface area (Å²) < 4.78 is 12.0. The van der Waals surface area contributed by atoms with Crippen LogP contribution in [0, 0.1) is 0 Å². The minimum atomic E-state index is 0.155. The highest BCUT2D eigenvalue weighted by atomic mass is 32.1. The lowest BCUT2D eigenvalue weighted by Gasteiger charge is -2.17. The number of methoxy groups -OCH3 is 1. The van der Waals surface area contributed by atoms with Crippen LogP contribution in [0.25, 0.3) is 10.2 Å². The number of carbonyl (C=O) groups excluding carboxylic acids is 1. The molecule has 0 aliphatic rings. The summed E-state index contributed by atoms with van der Waals surface area (Å²) in [6.45, 7) is 1.04. The zero-order valence-corrected chi connectivity index (χ0v) is 17.2. The van der Waals surface area contributed by atoms with E-state index in [4.69, 9.17) is 9.47 Å².